The lowest BCUT2D eigenvalue weighted by molar-refractivity contribution is -0.397. The Balaban J connectivity index is 1.05. The van der Waals surface area contributed by atoms with E-state index < -0.39 is 128 Å². The maximum absolute atomic E-state index is 12.1. The average Bonchev–Trinajstić information content (AvgIpc) is 3.24. The molecular weight excluding hydrogens is 849 g/mol. The quantitative estimate of drug-likeness (QED) is 0.112. The molecular formula is C48H80O17. The molecule has 0 aromatic heterocycles. The second-order valence-electron chi connectivity index (χ2n) is 23.6. The van der Waals surface area contributed by atoms with Crippen LogP contribution in [0.1, 0.15) is 113 Å². The van der Waals surface area contributed by atoms with Crippen molar-refractivity contribution in [3.63, 3.8) is 0 Å². The number of allylic oxidation sites excluding steroid dienone is 2. The summed E-state index contributed by atoms with van der Waals surface area (Å²) in [7, 11) is 0. The lowest BCUT2D eigenvalue weighted by Gasteiger charge is -2.72. The third-order valence-electron chi connectivity index (χ3n) is 19.4. The van der Waals surface area contributed by atoms with Crippen molar-refractivity contribution in [3.8, 4) is 0 Å². The first kappa shape index (κ1) is 50.4. The molecule has 0 amide bonds. The van der Waals surface area contributed by atoms with Crippen LogP contribution in [0.5, 0.6) is 0 Å². The van der Waals surface area contributed by atoms with Crippen molar-refractivity contribution in [3.05, 3.63) is 11.6 Å². The molecule has 3 heterocycles. The fraction of sp³-hybridized carbons (Fsp3) is 0.958. The second kappa shape index (κ2) is 17.7. The van der Waals surface area contributed by atoms with Crippen molar-refractivity contribution in [2.45, 2.75) is 218 Å². The van der Waals surface area contributed by atoms with Crippen LogP contribution in [0, 0.1) is 50.2 Å². The smallest absolute Gasteiger partial charge is 0.187 e. The third kappa shape index (κ3) is 7.85. The van der Waals surface area contributed by atoms with Crippen molar-refractivity contribution in [2.24, 2.45) is 50.2 Å². The van der Waals surface area contributed by atoms with E-state index in [1.807, 2.05) is 0 Å². The van der Waals surface area contributed by atoms with Crippen LogP contribution in [0.3, 0.4) is 0 Å². The molecule has 17 nitrogen and oxygen atoms in total. The molecule has 0 aromatic carbocycles. The molecule has 65 heavy (non-hydrogen) atoms. The Kier molecular flexibility index (Phi) is 13.8. The van der Waals surface area contributed by atoms with E-state index >= 15 is 0 Å². The zero-order valence-corrected chi connectivity index (χ0v) is 39.5. The molecule has 11 N–H and O–H groups in total. The van der Waals surface area contributed by atoms with Crippen molar-refractivity contribution in [1.29, 1.82) is 0 Å². The molecule has 7 fully saturated rings. The van der Waals surface area contributed by atoms with Crippen molar-refractivity contribution in [1.82, 2.24) is 0 Å². The van der Waals surface area contributed by atoms with Gasteiger partial charge in [-0.05, 0) is 110 Å². The molecule has 8 aliphatic rings. The topological polar surface area (TPSA) is 278 Å². The van der Waals surface area contributed by atoms with Crippen molar-refractivity contribution >= 4 is 0 Å². The van der Waals surface area contributed by atoms with E-state index in [2.05, 4.69) is 54.5 Å². The van der Waals surface area contributed by atoms with Crippen LogP contribution in [0.25, 0.3) is 0 Å². The average molecular weight is 929 g/mol. The Morgan fingerprint density at radius 3 is 1.77 bits per heavy atom. The Labute approximate surface area is 383 Å². The summed E-state index contributed by atoms with van der Waals surface area (Å²) in [4.78, 5) is 0. The summed E-state index contributed by atoms with van der Waals surface area (Å²) in [6, 6.07) is 0. The van der Waals surface area contributed by atoms with Crippen molar-refractivity contribution in [2.75, 3.05) is 19.8 Å². The molecule has 4 saturated carbocycles. The third-order valence-corrected chi connectivity index (χ3v) is 19.4. The van der Waals surface area contributed by atoms with Crippen LogP contribution in [-0.4, -0.2) is 180 Å². The summed E-state index contributed by atoms with van der Waals surface area (Å²) in [5.41, 5.74) is -0.0147. The maximum Gasteiger partial charge on any atom is 0.187 e. The number of hydrogen-bond acceptors (Lipinski definition) is 17. The zero-order chi connectivity index (χ0) is 47.6. The van der Waals surface area contributed by atoms with Crippen LogP contribution in [0.2, 0.25) is 0 Å². The monoisotopic (exact) mass is 929 g/mol. The fourth-order valence-corrected chi connectivity index (χ4v) is 15.2. The van der Waals surface area contributed by atoms with Gasteiger partial charge in [-0.15, -0.1) is 0 Å². The predicted octanol–water partition coefficient (Wildman–Crippen LogP) is 0.612. The minimum absolute atomic E-state index is 0.0184. The van der Waals surface area contributed by atoms with Crippen molar-refractivity contribution < 1.29 is 84.6 Å². The number of aliphatic hydroxyl groups excluding tert-OH is 11. The minimum Gasteiger partial charge on any atom is -0.396 e. The predicted molar refractivity (Wildman–Crippen MR) is 230 cm³/mol. The highest BCUT2D eigenvalue weighted by Gasteiger charge is 2.70. The molecule has 3 aliphatic heterocycles. The van der Waals surface area contributed by atoms with Gasteiger partial charge in [-0.3, -0.25) is 0 Å². The minimum atomic E-state index is -1.83. The van der Waals surface area contributed by atoms with Gasteiger partial charge in [0.25, 0.3) is 0 Å². The van der Waals surface area contributed by atoms with Gasteiger partial charge in [0.05, 0.1) is 38.1 Å². The summed E-state index contributed by atoms with van der Waals surface area (Å²) < 4.78 is 36.8. The van der Waals surface area contributed by atoms with Gasteiger partial charge in [0, 0.05) is 5.41 Å². The molecule has 374 valence electrons. The first-order valence-corrected chi connectivity index (χ1v) is 24.3. The molecule has 5 aliphatic carbocycles. The van der Waals surface area contributed by atoms with E-state index in [9.17, 15) is 56.2 Å². The molecule has 0 radical (unpaired) electrons. The highest BCUT2D eigenvalue weighted by atomic mass is 16.8. The molecule has 24 atom stereocenters. The van der Waals surface area contributed by atoms with Crippen LogP contribution >= 0.6 is 0 Å². The van der Waals surface area contributed by atoms with Gasteiger partial charge in [-0.1, -0.05) is 60.1 Å². The lowest BCUT2D eigenvalue weighted by atomic mass is 9.33. The van der Waals surface area contributed by atoms with Gasteiger partial charge in [-0.2, -0.15) is 0 Å². The van der Waals surface area contributed by atoms with Gasteiger partial charge < -0.3 is 84.6 Å². The summed E-state index contributed by atoms with van der Waals surface area (Å²) in [5, 5.41) is 120. The van der Waals surface area contributed by atoms with E-state index in [4.69, 9.17) is 28.4 Å². The second-order valence-corrected chi connectivity index (χ2v) is 23.6. The summed E-state index contributed by atoms with van der Waals surface area (Å²) >= 11 is 0. The Morgan fingerprint density at radius 1 is 0.600 bits per heavy atom. The number of fused-ring (bicyclic) bond motifs is 7. The Morgan fingerprint density at radius 2 is 1.18 bits per heavy atom. The summed E-state index contributed by atoms with van der Waals surface area (Å²) in [6.45, 7) is 16.2. The van der Waals surface area contributed by atoms with Gasteiger partial charge in [-0.25, -0.2) is 0 Å². The van der Waals surface area contributed by atoms with E-state index in [-0.39, 0.29) is 46.0 Å². The first-order valence-electron chi connectivity index (χ1n) is 24.3. The van der Waals surface area contributed by atoms with Gasteiger partial charge in [0.15, 0.2) is 18.9 Å². The highest BCUT2D eigenvalue weighted by molar-refractivity contribution is 5.35. The number of rotatable bonds is 9. The molecule has 3 saturated heterocycles. The summed E-state index contributed by atoms with van der Waals surface area (Å²) in [6.07, 6.45) is -14.8. The highest BCUT2D eigenvalue weighted by Crippen LogP contribution is 2.76. The van der Waals surface area contributed by atoms with Crippen LogP contribution in [0.4, 0.5) is 0 Å². The standard InChI is InChI=1S/C48H80O17/c1-22-31(53)34(56)37(59)40(60-22)64-39-36(58)33(55)26(20-50)62-42(39)65-38-35(57)32(54)25(19-49)61-41(38)63-30-12-13-45(6)27(44(30,4)5)11-14-46(7)28(45)10-9-23-24-17-43(2,3)15-16-48(24,21-51)29(52)18-47(23,46)8/h9,22,24-42,49-59H,10-21H2,1-8H3/t22-,24-,25+,26+,27-,28+,29+,30-,31-,32+,33+,34+,35-,36-,37+,38+,39+,40-,41-,42-,45-,46+,47+,48+/m0/s1. The van der Waals surface area contributed by atoms with Gasteiger partial charge in [0.2, 0.25) is 0 Å². The fourth-order valence-electron chi connectivity index (χ4n) is 15.2. The van der Waals surface area contributed by atoms with Crippen LogP contribution in [-0.2, 0) is 28.4 Å². The molecule has 0 aromatic rings. The number of ether oxygens (including phenoxy) is 6. The number of aliphatic hydroxyl groups is 11. The van der Waals surface area contributed by atoms with Gasteiger partial charge in [0.1, 0.15) is 67.1 Å². The lowest BCUT2D eigenvalue weighted by Crippen LogP contribution is -2.68. The summed E-state index contributed by atoms with van der Waals surface area (Å²) in [5.74, 6) is 0.556. The van der Waals surface area contributed by atoms with E-state index in [0.29, 0.717) is 12.8 Å². The van der Waals surface area contributed by atoms with E-state index in [1.54, 1.807) is 0 Å². The normalized spacial score (nSPS) is 55.2. The number of hydrogen-bond donors (Lipinski definition) is 11. The van der Waals surface area contributed by atoms with Gasteiger partial charge >= 0.3 is 0 Å². The zero-order valence-electron chi connectivity index (χ0n) is 39.5. The molecule has 17 heteroatoms. The Bertz CT molecular complexity index is 1730. The van der Waals surface area contributed by atoms with Crippen LogP contribution in [0.15, 0.2) is 11.6 Å². The SMILES string of the molecule is C[C@@H]1O[C@@H](O[C@H]2[C@H](O[C@H]3[C@H](O[C@H]4CC[C@]5(C)[C@H]6CC=C7[C@@H]8CC(C)(C)CC[C@]8(CO)[C@H](O)C[C@@]7(C)[C@]6(C)CC[C@H]5C4(C)C)O[C@H](CO)[C@@H](O)[C@@H]3O)O[C@H](CO)[C@@H](O)[C@@H]2O)[C@H](O)[C@H](O)[C@H]1O. The first-order chi connectivity index (χ1) is 30.4. The molecule has 0 unspecified atom stereocenters. The molecule has 8 rings (SSSR count). The van der Waals surface area contributed by atoms with E-state index in [1.165, 1.54) is 12.5 Å². The largest absolute Gasteiger partial charge is 0.396 e. The van der Waals surface area contributed by atoms with Crippen LogP contribution < -0.4 is 0 Å². The molecule has 0 bridgehead atoms. The maximum atomic E-state index is 12.1. The Hall–Kier alpha value is -0.940. The molecule has 0 spiro atoms. The van der Waals surface area contributed by atoms with E-state index in [0.717, 1.165) is 44.9 Å².